The van der Waals surface area contributed by atoms with Crippen molar-refractivity contribution in [3.63, 3.8) is 0 Å². The van der Waals surface area contributed by atoms with E-state index in [9.17, 15) is 4.79 Å². The van der Waals surface area contributed by atoms with E-state index in [4.69, 9.17) is 9.47 Å². The summed E-state index contributed by atoms with van der Waals surface area (Å²) < 4.78 is 10.7. The topological polar surface area (TPSA) is 66.4 Å². The summed E-state index contributed by atoms with van der Waals surface area (Å²) in [4.78, 5) is 19.8. The van der Waals surface area contributed by atoms with Crippen LogP contribution in [0, 0.1) is 0 Å². The summed E-state index contributed by atoms with van der Waals surface area (Å²) in [6.45, 7) is 3.84. The SMILES string of the molecule is CCNC(=NCCC(=O)N(C)C)N(C)Cc1ccc(OC)cc1OC. The minimum Gasteiger partial charge on any atom is -0.497 e. The van der Waals surface area contributed by atoms with Crippen molar-refractivity contribution in [2.24, 2.45) is 4.99 Å². The third-order valence-electron chi connectivity index (χ3n) is 3.68. The molecule has 0 radical (unpaired) electrons. The van der Waals surface area contributed by atoms with Crippen LogP contribution in [0.15, 0.2) is 23.2 Å². The second kappa shape index (κ2) is 10.4. The number of hydrogen-bond acceptors (Lipinski definition) is 4. The Morgan fingerprint density at radius 1 is 1.20 bits per heavy atom. The molecule has 0 atom stereocenters. The van der Waals surface area contributed by atoms with Crippen LogP contribution in [0.25, 0.3) is 0 Å². The van der Waals surface area contributed by atoms with Crippen molar-refractivity contribution >= 4 is 11.9 Å². The third kappa shape index (κ3) is 6.52. The summed E-state index contributed by atoms with van der Waals surface area (Å²) in [6, 6.07) is 5.75. The van der Waals surface area contributed by atoms with E-state index in [1.54, 1.807) is 33.2 Å². The monoisotopic (exact) mass is 350 g/mol. The summed E-state index contributed by atoms with van der Waals surface area (Å²) in [5.41, 5.74) is 1.03. The highest BCUT2D eigenvalue weighted by atomic mass is 16.5. The average Bonchev–Trinajstić information content (AvgIpc) is 2.60. The predicted octanol–water partition coefficient (Wildman–Crippen LogP) is 1.58. The van der Waals surface area contributed by atoms with Gasteiger partial charge in [0.25, 0.3) is 0 Å². The molecule has 25 heavy (non-hydrogen) atoms. The Hall–Kier alpha value is -2.44. The van der Waals surface area contributed by atoms with Gasteiger partial charge in [-0.05, 0) is 19.1 Å². The van der Waals surface area contributed by atoms with Gasteiger partial charge in [-0.25, -0.2) is 0 Å². The first-order chi connectivity index (χ1) is 11.9. The Morgan fingerprint density at radius 2 is 1.92 bits per heavy atom. The van der Waals surface area contributed by atoms with Crippen LogP contribution >= 0.6 is 0 Å². The molecule has 0 bridgehead atoms. The van der Waals surface area contributed by atoms with Gasteiger partial charge in [-0.3, -0.25) is 9.79 Å². The molecule has 0 aliphatic heterocycles. The molecule has 7 nitrogen and oxygen atoms in total. The summed E-state index contributed by atoms with van der Waals surface area (Å²) in [6.07, 6.45) is 0.390. The van der Waals surface area contributed by atoms with Crippen LogP contribution < -0.4 is 14.8 Å². The first kappa shape index (κ1) is 20.6. The van der Waals surface area contributed by atoms with E-state index >= 15 is 0 Å². The van der Waals surface area contributed by atoms with Gasteiger partial charge in [0.05, 0.1) is 20.8 Å². The van der Waals surface area contributed by atoms with Gasteiger partial charge >= 0.3 is 0 Å². The van der Waals surface area contributed by atoms with Crippen LogP contribution in [0.2, 0.25) is 0 Å². The number of amides is 1. The quantitative estimate of drug-likeness (QED) is 0.570. The first-order valence-corrected chi connectivity index (χ1v) is 8.33. The number of carbonyl (C=O) groups excluding carboxylic acids is 1. The van der Waals surface area contributed by atoms with Gasteiger partial charge in [0.15, 0.2) is 5.96 Å². The molecule has 0 heterocycles. The number of rotatable bonds is 8. The molecule has 0 aliphatic carbocycles. The molecule has 1 N–H and O–H groups in total. The standard InChI is InChI=1S/C18H30N4O3/c1-7-19-18(20-11-10-17(23)21(2)3)22(4)13-14-8-9-15(24-5)12-16(14)25-6/h8-9,12H,7,10-11,13H2,1-6H3,(H,19,20). The van der Waals surface area contributed by atoms with Crippen molar-refractivity contribution < 1.29 is 14.3 Å². The molecule has 0 saturated heterocycles. The van der Waals surface area contributed by atoms with Crippen molar-refractivity contribution in [1.29, 1.82) is 0 Å². The molecule has 1 rings (SSSR count). The lowest BCUT2D eigenvalue weighted by Crippen LogP contribution is -2.38. The third-order valence-corrected chi connectivity index (χ3v) is 3.68. The van der Waals surface area contributed by atoms with Crippen molar-refractivity contribution in [2.45, 2.75) is 19.9 Å². The zero-order valence-electron chi connectivity index (χ0n) is 16.1. The van der Waals surface area contributed by atoms with Gasteiger partial charge in [0.1, 0.15) is 11.5 Å². The molecule has 0 spiro atoms. The van der Waals surface area contributed by atoms with Crippen molar-refractivity contribution in [3.8, 4) is 11.5 Å². The van der Waals surface area contributed by atoms with Crippen LogP contribution in [0.3, 0.4) is 0 Å². The fourth-order valence-corrected chi connectivity index (χ4v) is 2.26. The molecule has 0 aromatic heterocycles. The normalized spacial score (nSPS) is 11.0. The van der Waals surface area contributed by atoms with Gasteiger partial charge in [-0.15, -0.1) is 0 Å². The molecule has 0 unspecified atom stereocenters. The fraction of sp³-hybridized carbons (Fsp3) is 0.556. The number of nitrogens with zero attached hydrogens (tertiary/aromatic N) is 3. The van der Waals surface area contributed by atoms with E-state index in [0.29, 0.717) is 19.5 Å². The zero-order valence-corrected chi connectivity index (χ0v) is 16.1. The summed E-state index contributed by atoms with van der Waals surface area (Å²) in [7, 11) is 8.73. The zero-order chi connectivity index (χ0) is 18.8. The fourth-order valence-electron chi connectivity index (χ4n) is 2.26. The summed E-state index contributed by atoms with van der Waals surface area (Å²) in [5, 5.41) is 3.25. The van der Waals surface area contributed by atoms with Crippen LogP contribution in [0.5, 0.6) is 11.5 Å². The van der Waals surface area contributed by atoms with E-state index in [0.717, 1.165) is 29.6 Å². The Bertz CT molecular complexity index is 588. The minimum absolute atomic E-state index is 0.0686. The second-order valence-electron chi connectivity index (χ2n) is 5.81. The van der Waals surface area contributed by atoms with Gasteiger partial charge in [-0.2, -0.15) is 0 Å². The molecule has 1 amide bonds. The minimum atomic E-state index is 0.0686. The highest BCUT2D eigenvalue weighted by Crippen LogP contribution is 2.25. The first-order valence-electron chi connectivity index (χ1n) is 8.33. The predicted molar refractivity (Wildman–Crippen MR) is 100 cm³/mol. The largest absolute Gasteiger partial charge is 0.497 e. The number of carbonyl (C=O) groups is 1. The highest BCUT2D eigenvalue weighted by Gasteiger charge is 2.11. The van der Waals surface area contributed by atoms with Crippen LogP contribution in [0.1, 0.15) is 18.9 Å². The average molecular weight is 350 g/mol. The van der Waals surface area contributed by atoms with Crippen molar-refractivity contribution in [3.05, 3.63) is 23.8 Å². The molecule has 1 aromatic carbocycles. The van der Waals surface area contributed by atoms with Gasteiger partial charge in [0, 0.05) is 52.3 Å². The molecule has 0 aliphatic rings. The maximum atomic E-state index is 11.7. The van der Waals surface area contributed by atoms with Gasteiger partial charge in [-0.1, -0.05) is 0 Å². The van der Waals surface area contributed by atoms with Crippen LogP contribution in [0.4, 0.5) is 0 Å². The van der Waals surface area contributed by atoms with Gasteiger partial charge in [0.2, 0.25) is 5.91 Å². The lowest BCUT2D eigenvalue weighted by molar-refractivity contribution is -0.128. The lowest BCUT2D eigenvalue weighted by atomic mass is 10.2. The summed E-state index contributed by atoms with van der Waals surface area (Å²) >= 11 is 0. The Labute approximate surface area is 150 Å². The maximum absolute atomic E-state index is 11.7. The Morgan fingerprint density at radius 3 is 2.48 bits per heavy atom. The lowest BCUT2D eigenvalue weighted by Gasteiger charge is -2.23. The number of methoxy groups -OCH3 is 2. The van der Waals surface area contributed by atoms with E-state index in [-0.39, 0.29) is 5.91 Å². The number of benzene rings is 1. The van der Waals surface area contributed by atoms with E-state index < -0.39 is 0 Å². The van der Waals surface area contributed by atoms with Crippen molar-refractivity contribution in [1.82, 2.24) is 15.1 Å². The number of aliphatic imine (C=N–C) groups is 1. The molecular weight excluding hydrogens is 320 g/mol. The number of guanidine groups is 1. The summed E-state index contributed by atoms with van der Waals surface area (Å²) in [5.74, 6) is 2.35. The number of hydrogen-bond donors (Lipinski definition) is 1. The Balaban J connectivity index is 2.82. The molecule has 7 heteroatoms. The Kier molecular flexibility index (Phi) is 8.60. The molecule has 0 saturated carbocycles. The maximum Gasteiger partial charge on any atom is 0.223 e. The molecule has 140 valence electrons. The second-order valence-corrected chi connectivity index (χ2v) is 5.81. The molecular formula is C18H30N4O3. The molecule has 0 fully saturated rings. The number of ether oxygens (including phenoxy) is 2. The smallest absolute Gasteiger partial charge is 0.223 e. The van der Waals surface area contributed by atoms with E-state index in [1.807, 2.05) is 37.1 Å². The van der Waals surface area contributed by atoms with E-state index in [2.05, 4.69) is 10.3 Å². The highest BCUT2D eigenvalue weighted by molar-refractivity contribution is 5.80. The molecule has 1 aromatic rings. The number of nitrogens with one attached hydrogen (secondary N) is 1. The van der Waals surface area contributed by atoms with Gasteiger partial charge < -0.3 is 24.6 Å². The van der Waals surface area contributed by atoms with E-state index in [1.165, 1.54) is 0 Å². The van der Waals surface area contributed by atoms with Crippen LogP contribution in [-0.4, -0.2) is 70.1 Å². The van der Waals surface area contributed by atoms with Crippen LogP contribution in [-0.2, 0) is 11.3 Å². The van der Waals surface area contributed by atoms with Crippen molar-refractivity contribution in [2.75, 3.05) is 48.5 Å².